The summed E-state index contributed by atoms with van der Waals surface area (Å²) in [5.74, 6) is 0. The second-order valence-corrected chi connectivity index (χ2v) is 7.70. The highest BCUT2D eigenvalue weighted by Gasteiger charge is 2.17. The van der Waals surface area contributed by atoms with Crippen LogP contribution >= 0.6 is 75.3 Å². The zero-order valence-electron chi connectivity index (χ0n) is 8.93. The molecule has 0 aliphatic heterocycles. The third-order valence-corrected chi connectivity index (χ3v) is 5.50. The summed E-state index contributed by atoms with van der Waals surface area (Å²) in [6.45, 7) is 0. The van der Waals surface area contributed by atoms with Gasteiger partial charge >= 0.3 is 0 Å². The minimum Gasteiger partial charge on any atom is -0.0840 e. The van der Waals surface area contributed by atoms with Gasteiger partial charge in [0.15, 0.2) is 0 Å². The Labute approximate surface area is 145 Å². The second-order valence-electron chi connectivity index (χ2n) is 3.69. The van der Waals surface area contributed by atoms with E-state index >= 15 is 0 Å². The molecule has 5 heteroatoms. The van der Waals surface area contributed by atoms with Crippen LogP contribution in [0.15, 0.2) is 49.8 Å². The zero-order valence-corrected chi connectivity index (χ0v) is 16.0. The van der Waals surface area contributed by atoms with Crippen LogP contribution in [0.3, 0.4) is 0 Å². The monoisotopic (exact) mass is 514 g/mol. The fourth-order valence-corrected chi connectivity index (χ4v) is 4.24. The summed E-state index contributed by atoms with van der Waals surface area (Å²) in [5, 5.41) is 0.743. The molecule has 0 saturated carbocycles. The Balaban J connectivity index is 2.50. The summed E-state index contributed by atoms with van der Waals surface area (Å²) in [6, 6.07) is 11.9. The molecule has 1 atom stereocenters. The van der Waals surface area contributed by atoms with Crippen molar-refractivity contribution in [3.63, 3.8) is 0 Å². The first-order valence-corrected chi connectivity index (χ1v) is 8.70. The maximum Gasteiger partial charge on any atom is 0.0670 e. The van der Waals surface area contributed by atoms with Crippen LogP contribution in [-0.2, 0) is 0 Å². The normalized spacial score (nSPS) is 12.5. The first-order valence-electron chi connectivity index (χ1n) is 5.03. The van der Waals surface area contributed by atoms with E-state index in [0.29, 0.717) is 0 Å². The van der Waals surface area contributed by atoms with Crippen LogP contribution in [0.4, 0.5) is 0 Å². The summed E-state index contributed by atoms with van der Waals surface area (Å²) < 4.78 is 3.09. The first kappa shape index (κ1) is 15.0. The number of alkyl halides is 1. The lowest BCUT2D eigenvalue weighted by molar-refractivity contribution is 1.16. The Morgan fingerprint density at radius 1 is 0.833 bits per heavy atom. The topological polar surface area (TPSA) is 0 Å². The molecule has 0 spiro atoms. The first-order chi connectivity index (χ1) is 8.49. The number of rotatable bonds is 2. The maximum atomic E-state index is 6.26. The molecule has 0 radical (unpaired) electrons. The summed E-state index contributed by atoms with van der Waals surface area (Å²) in [6.07, 6.45) is 0. The Hall–Kier alpha value is 0.650. The minimum absolute atomic E-state index is 0.0365. The quantitative estimate of drug-likeness (QED) is 0.372. The number of benzene rings is 2. The van der Waals surface area contributed by atoms with E-state index < -0.39 is 0 Å². The largest absolute Gasteiger partial charge is 0.0840 e. The van der Waals surface area contributed by atoms with E-state index in [1.807, 2.05) is 30.3 Å². The molecule has 18 heavy (non-hydrogen) atoms. The van der Waals surface area contributed by atoms with Gasteiger partial charge in [0.05, 0.1) is 4.83 Å². The van der Waals surface area contributed by atoms with Crippen molar-refractivity contribution >= 4 is 75.3 Å². The molecule has 94 valence electrons. The smallest absolute Gasteiger partial charge is 0.0670 e. The molecule has 2 aromatic carbocycles. The van der Waals surface area contributed by atoms with E-state index in [1.165, 1.54) is 0 Å². The van der Waals surface area contributed by atoms with E-state index in [4.69, 9.17) is 11.6 Å². The molecule has 2 aromatic rings. The van der Waals surface area contributed by atoms with Crippen LogP contribution in [0.25, 0.3) is 0 Å². The highest BCUT2D eigenvalue weighted by molar-refractivity contribution is 9.11. The minimum atomic E-state index is 0.0365. The van der Waals surface area contributed by atoms with Gasteiger partial charge in [0.1, 0.15) is 0 Å². The molecule has 0 bridgehead atoms. The molecule has 0 amide bonds. The van der Waals surface area contributed by atoms with Crippen molar-refractivity contribution in [2.75, 3.05) is 0 Å². The molecule has 0 nitrogen and oxygen atoms in total. The standard InChI is InChI=1S/C13H7Br4Cl/c14-7-1-3-11(16)9(5-7)13(17)10-6-8(15)2-4-12(10)18/h1-6,13H. The number of halogens is 5. The third-order valence-electron chi connectivity index (χ3n) is 2.46. The molecule has 0 aliphatic carbocycles. The third kappa shape index (κ3) is 3.40. The fourth-order valence-electron chi connectivity index (χ4n) is 1.59. The van der Waals surface area contributed by atoms with Crippen molar-refractivity contribution in [3.8, 4) is 0 Å². The van der Waals surface area contributed by atoms with Crippen molar-refractivity contribution in [2.45, 2.75) is 4.83 Å². The van der Waals surface area contributed by atoms with Crippen LogP contribution in [0.5, 0.6) is 0 Å². The number of hydrogen-bond acceptors (Lipinski definition) is 0. The molecule has 2 rings (SSSR count). The van der Waals surface area contributed by atoms with Crippen LogP contribution in [-0.4, -0.2) is 0 Å². The van der Waals surface area contributed by atoms with Gasteiger partial charge in [-0.25, -0.2) is 0 Å². The van der Waals surface area contributed by atoms with Gasteiger partial charge in [0, 0.05) is 18.4 Å². The van der Waals surface area contributed by atoms with E-state index in [-0.39, 0.29) is 4.83 Å². The van der Waals surface area contributed by atoms with Gasteiger partial charge in [-0.2, -0.15) is 0 Å². The lowest BCUT2D eigenvalue weighted by Crippen LogP contribution is -1.95. The zero-order chi connectivity index (χ0) is 13.3. The lowest BCUT2D eigenvalue weighted by atomic mass is 10.1. The highest BCUT2D eigenvalue weighted by Crippen LogP contribution is 2.40. The van der Waals surface area contributed by atoms with Gasteiger partial charge < -0.3 is 0 Å². The maximum absolute atomic E-state index is 6.26. The SMILES string of the molecule is Clc1ccc(Br)cc1C(Br)c1cc(Br)ccc1Br. The number of hydrogen-bond donors (Lipinski definition) is 0. The predicted molar refractivity (Wildman–Crippen MR) is 91.8 cm³/mol. The van der Waals surface area contributed by atoms with Gasteiger partial charge in [-0.1, -0.05) is 75.3 Å². The van der Waals surface area contributed by atoms with Crippen molar-refractivity contribution in [2.24, 2.45) is 0 Å². The Morgan fingerprint density at radius 2 is 1.39 bits per heavy atom. The van der Waals surface area contributed by atoms with Crippen molar-refractivity contribution < 1.29 is 0 Å². The molecule has 0 N–H and O–H groups in total. The van der Waals surface area contributed by atoms with Crippen LogP contribution in [0.1, 0.15) is 16.0 Å². The molecule has 0 aliphatic rings. The lowest BCUT2D eigenvalue weighted by Gasteiger charge is -2.15. The van der Waals surface area contributed by atoms with E-state index in [2.05, 4.69) is 69.8 Å². The van der Waals surface area contributed by atoms with E-state index in [1.54, 1.807) is 0 Å². The predicted octanol–water partition coefficient (Wildman–Crippen LogP) is 7.11. The molecular formula is C13H7Br4Cl. The molecule has 0 saturated heterocycles. The molecule has 1 unspecified atom stereocenters. The van der Waals surface area contributed by atoms with E-state index in [0.717, 1.165) is 29.6 Å². The Bertz CT molecular complexity index is 532. The van der Waals surface area contributed by atoms with Crippen LogP contribution in [0.2, 0.25) is 5.02 Å². The molecule has 0 fully saturated rings. The van der Waals surface area contributed by atoms with Gasteiger partial charge in [-0.05, 0) is 47.5 Å². The summed E-state index contributed by atoms with van der Waals surface area (Å²) >= 11 is 20.5. The second kappa shape index (κ2) is 6.40. The van der Waals surface area contributed by atoms with Gasteiger partial charge in [0.2, 0.25) is 0 Å². The van der Waals surface area contributed by atoms with Crippen molar-refractivity contribution in [1.82, 2.24) is 0 Å². The average Bonchev–Trinajstić information content (AvgIpc) is 2.34. The summed E-state index contributed by atoms with van der Waals surface area (Å²) in [7, 11) is 0. The van der Waals surface area contributed by atoms with Gasteiger partial charge in [-0.15, -0.1) is 0 Å². The van der Waals surface area contributed by atoms with Gasteiger partial charge in [-0.3, -0.25) is 0 Å². The van der Waals surface area contributed by atoms with Crippen molar-refractivity contribution in [3.05, 3.63) is 66.0 Å². The highest BCUT2D eigenvalue weighted by atomic mass is 79.9. The van der Waals surface area contributed by atoms with Crippen molar-refractivity contribution in [1.29, 1.82) is 0 Å². The fraction of sp³-hybridized carbons (Fsp3) is 0.0769. The molecular weight excluding hydrogens is 511 g/mol. The van der Waals surface area contributed by atoms with Gasteiger partial charge in [0.25, 0.3) is 0 Å². The van der Waals surface area contributed by atoms with E-state index in [9.17, 15) is 0 Å². The van der Waals surface area contributed by atoms with Crippen LogP contribution in [0, 0.1) is 0 Å². The summed E-state index contributed by atoms with van der Waals surface area (Å²) in [5.41, 5.74) is 2.16. The summed E-state index contributed by atoms with van der Waals surface area (Å²) in [4.78, 5) is 0.0365. The van der Waals surface area contributed by atoms with Crippen LogP contribution < -0.4 is 0 Å². The average molecular weight is 518 g/mol. The Morgan fingerprint density at radius 3 is 2.06 bits per heavy atom. The molecule has 0 heterocycles. The Kier molecular flexibility index (Phi) is 5.35. The molecule has 0 aromatic heterocycles.